The summed E-state index contributed by atoms with van der Waals surface area (Å²) < 4.78 is 5.22. The van der Waals surface area contributed by atoms with Gasteiger partial charge in [-0.15, -0.1) is 0 Å². The highest BCUT2D eigenvalue weighted by Crippen LogP contribution is 2.33. The van der Waals surface area contributed by atoms with Crippen molar-refractivity contribution in [2.75, 3.05) is 26.7 Å². The van der Waals surface area contributed by atoms with Crippen LogP contribution >= 0.6 is 0 Å². The molecule has 0 bridgehead atoms. The summed E-state index contributed by atoms with van der Waals surface area (Å²) in [5, 5.41) is 0. The van der Waals surface area contributed by atoms with Gasteiger partial charge in [-0.2, -0.15) is 0 Å². The Labute approximate surface area is 121 Å². The number of rotatable bonds is 4. The van der Waals surface area contributed by atoms with Gasteiger partial charge in [0.05, 0.1) is 12.5 Å². The lowest BCUT2D eigenvalue weighted by Gasteiger charge is -2.18. The van der Waals surface area contributed by atoms with Crippen molar-refractivity contribution in [3.05, 3.63) is 35.4 Å². The molecule has 0 aromatic heterocycles. The van der Waals surface area contributed by atoms with E-state index in [-0.39, 0.29) is 17.8 Å². The molecule has 1 fully saturated rings. The molecule has 3 nitrogen and oxygen atoms in total. The lowest BCUT2D eigenvalue weighted by atomic mass is 9.88. The predicted octanol–water partition coefficient (Wildman–Crippen LogP) is 3.02. The van der Waals surface area contributed by atoms with Crippen molar-refractivity contribution in [1.29, 1.82) is 0 Å². The number of likely N-dealkylation sites (tertiary alicyclic amines) is 1. The van der Waals surface area contributed by atoms with E-state index in [1.165, 1.54) is 11.1 Å². The first-order chi connectivity index (χ1) is 9.52. The summed E-state index contributed by atoms with van der Waals surface area (Å²) in [6.07, 6.45) is 0. The van der Waals surface area contributed by atoms with Gasteiger partial charge >= 0.3 is 5.97 Å². The molecule has 1 aromatic carbocycles. The molecule has 0 saturated carbocycles. The van der Waals surface area contributed by atoms with E-state index in [1.54, 1.807) is 0 Å². The van der Waals surface area contributed by atoms with E-state index in [4.69, 9.17) is 4.74 Å². The standard InChI is InChI=1S/C17H25NO2/c1-5-20-17(19)16-11-18(4)10-15(16)14-8-6-13(7-9-14)12(2)3/h6-9,12,15-16H,5,10-11H2,1-4H3. The summed E-state index contributed by atoms with van der Waals surface area (Å²) >= 11 is 0. The number of hydrogen-bond acceptors (Lipinski definition) is 3. The van der Waals surface area contributed by atoms with Gasteiger partial charge in [0.15, 0.2) is 0 Å². The molecule has 2 unspecified atom stereocenters. The number of ether oxygens (including phenoxy) is 1. The predicted molar refractivity (Wildman–Crippen MR) is 80.9 cm³/mol. The zero-order chi connectivity index (χ0) is 14.7. The van der Waals surface area contributed by atoms with Gasteiger partial charge in [0.2, 0.25) is 0 Å². The maximum absolute atomic E-state index is 12.1. The average molecular weight is 275 g/mol. The number of hydrogen-bond donors (Lipinski definition) is 0. The van der Waals surface area contributed by atoms with Crippen LogP contribution in [-0.4, -0.2) is 37.6 Å². The maximum Gasteiger partial charge on any atom is 0.310 e. The third kappa shape index (κ3) is 3.21. The van der Waals surface area contributed by atoms with E-state index in [0.717, 1.165) is 13.1 Å². The second kappa shape index (κ2) is 6.40. The average Bonchev–Trinajstić information content (AvgIpc) is 2.81. The first-order valence-corrected chi connectivity index (χ1v) is 7.48. The normalized spacial score (nSPS) is 23.2. The van der Waals surface area contributed by atoms with Crippen molar-refractivity contribution < 1.29 is 9.53 Å². The molecule has 0 spiro atoms. The summed E-state index contributed by atoms with van der Waals surface area (Å²) in [5.41, 5.74) is 2.59. The van der Waals surface area contributed by atoms with Crippen LogP contribution in [-0.2, 0) is 9.53 Å². The fourth-order valence-corrected chi connectivity index (χ4v) is 2.95. The molecule has 1 aliphatic heterocycles. The Bertz CT molecular complexity index is 453. The van der Waals surface area contributed by atoms with Gasteiger partial charge in [-0.3, -0.25) is 4.79 Å². The SMILES string of the molecule is CCOC(=O)C1CN(C)CC1c1ccc(C(C)C)cc1. The highest BCUT2D eigenvalue weighted by atomic mass is 16.5. The Morgan fingerprint density at radius 1 is 1.30 bits per heavy atom. The van der Waals surface area contributed by atoms with Crippen LogP contribution in [0.2, 0.25) is 0 Å². The van der Waals surface area contributed by atoms with E-state index in [1.807, 2.05) is 6.92 Å². The van der Waals surface area contributed by atoms with Crippen molar-refractivity contribution in [3.63, 3.8) is 0 Å². The number of carbonyl (C=O) groups excluding carboxylic acids is 1. The highest BCUT2D eigenvalue weighted by molar-refractivity contribution is 5.74. The van der Waals surface area contributed by atoms with Crippen LogP contribution < -0.4 is 0 Å². The third-order valence-electron chi connectivity index (χ3n) is 4.12. The maximum atomic E-state index is 12.1. The molecule has 1 aromatic rings. The zero-order valence-electron chi connectivity index (χ0n) is 12.9. The molecule has 2 rings (SSSR count). The molecule has 20 heavy (non-hydrogen) atoms. The first-order valence-electron chi connectivity index (χ1n) is 7.48. The van der Waals surface area contributed by atoms with Crippen molar-refractivity contribution in [2.24, 2.45) is 5.92 Å². The second-order valence-electron chi connectivity index (χ2n) is 6.01. The molecular formula is C17H25NO2. The molecule has 110 valence electrons. The zero-order valence-corrected chi connectivity index (χ0v) is 12.9. The summed E-state index contributed by atoms with van der Waals surface area (Å²) in [4.78, 5) is 14.3. The Hall–Kier alpha value is -1.35. The van der Waals surface area contributed by atoms with Crippen molar-refractivity contribution in [3.8, 4) is 0 Å². The molecule has 1 saturated heterocycles. The van der Waals surface area contributed by atoms with Crippen molar-refractivity contribution >= 4 is 5.97 Å². The van der Waals surface area contributed by atoms with Crippen LogP contribution in [0.3, 0.4) is 0 Å². The van der Waals surface area contributed by atoms with Crippen molar-refractivity contribution in [2.45, 2.75) is 32.6 Å². The third-order valence-corrected chi connectivity index (χ3v) is 4.12. The molecule has 1 heterocycles. The molecule has 1 aliphatic rings. The van der Waals surface area contributed by atoms with E-state index >= 15 is 0 Å². The number of nitrogens with zero attached hydrogens (tertiary/aromatic N) is 1. The summed E-state index contributed by atoms with van der Waals surface area (Å²) in [6, 6.07) is 8.71. The van der Waals surface area contributed by atoms with Gasteiger partial charge in [-0.05, 0) is 31.0 Å². The first kappa shape index (κ1) is 15.0. The van der Waals surface area contributed by atoms with Gasteiger partial charge in [0, 0.05) is 19.0 Å². The summed E-state index contributed by atoms with van der Waals surface area (Å²) in [7, 11) is 2.06. The Kier molecular flexibility index (Phi) is 4.81. The fraction of sp³-hybridized carbons (Fsp3) is 0.588. The topological polar surface area (TPSA) is 29.5 Å². The van der Waals surface area contributed by atoms with E-state index in [0.29, 0.717) is 12.5 Å². The number of likely N-dealkylation sites (N-methyl/N-ethyl adjacent to an activating group) is 1. The monoisotopic (exact) mass is 275 g/mol. The summed E-state index contributed by atoms with van der Waals surface area (Å²) in [6.45, 7) is 8.42. The van der Waals surface area contributed by atoms with Gasteiger partial charge in [0.1, 0.15) is 0 Å². The van der Waals surface area contributed by atoms with Crippen LogP contribution in [0.15, 0.2) is 24.3 Å². The van der Waals surface area contributed by atoms with Gasteiger partial charge < -0.3 is 9.64 Å². The lowest BCUT2D eigenvalue weighted by molar-refractivity contribution is -0.147. The minimum absolute atomic E-state index is 0.0372. The van der Waals surface area contributed by atoms with E-state index < -0.39 is 0 Å². The van der Waals surface area contributed by atoms with E-state index in [2.05, 4.69) is 50.1 Å². The van der Waals surface area contributed by atoms with Crippen molar-refractivity contribution in [1.82, 2.24) is 4.90 Å². The number of carbonyl (C=O) groups is 1. The summed E-state index contributed by atoms with van der Waals surface area (Å²) in [5.74, 6) is 0.691. The van der Waals surface area contributed by atoms with Gasteiger partial charge in [-0.1, -0.05) is 38.1 Å². The number of benzene rings is 1. The highest BCUT2D eigenvalue weighted by Gasteiger charge is 2.37. The van der Waals surface area contributed by atoms with Crippen LogP contribution in [0.5, 0.6) is 0 Å². The fourth-order valence-electron chi connectivity index (χ4n) is 2.95. The Morgan fingerprint density at radius 3 is 2.50 bits per heavy atom. The van der Waals surface area contributed by atoms with Gasteiger partial charge in [-0.25, -0.2) is 0 Å². The Morgan fingerprint density at radius 2 is 1.95 bits per heavy atom. The number of esters is 1. The largest absolute Gasteiger partial charge is 0.466 e. The Balaban J connectivity index is 2.18. The van der Waals surface area contributed by atoms with Crippen LogP contribution in [0.1, 0.15) is 43.7 Å². The van der Waals surface area contributed by atoms with Gasteiger partial charge in [0.25, 0.3) is 0 Å². The molecular weight excluding hydrogens is 250 g/mol. The molecule has 2 atom stereocenters. The lowest BCUT2D eigenvalue weighted by Crippen LogP contribution is -2.24. The van der Waals surface area contributed by atoms with Crippen LogP contribution in [0, 0.1) is 5.92 Å². The smallest absolute Gasteiger partial charge is 0.310 e. The molecule has 0 radical (unpaired) electrons. The minimum Gasteiger partial charge on any atom is -0.466 e. The molecule has 0 aliphatic carbocycles. The second-order valence-corrected chi connectivity index (χ2v) is 6.01. The van der Waals surface area contributed by atoms with Crippen LogP contribution in [0.25, 0.3) is 0 Å². The minimum atomic E-state index is -0.0604. The van der Waals surface area contributed by atoms with E-state index in [9.17, 15) is 4.79 Å². The molecule has 3 heteroatoms. The molecule has 0 amide bonds. The quantitative estimate of drug-likeness (QED) is 0.791. The molecule has 0 N–H and O–H groups in total. The van der Waals surface area contributed by atoms with Crippen LogP contribution in [0.4, 0.5) is 0 Å².